The van der Waals surface area contributed by atoms with E-state index in [-0.39, 0.29) is 11.9 Å². The Morgan fingerprint density at radius 1 is 1.08 bits per heavy atom. The third-order valence-electron chi connectivity index (χ3n) is 4.43. The number of fused-ring (bicyclic) bond motifs is 1. The van der Waals surface area contributed by atoms with Crippen LogP contribution < -0.4 is 5.32 Å². The van der Waals surface area contributed by atoms with Crippen molar-refractivity contribution in [3.63, 3.8) is 0 Å². The number of carbonyl (C=O) groups is 1. The van der Waals surface area contributed by atoms with E-state index in [4.69, 9.17) is 11.6 Å². The second-order valence-electron chi connectivity index (χ2n) is 6.07. The molecule has 4 rings (SSSR count). The van der Waals surface area contributed by atoms with Crippen LogP contribution in [0.2, 0.25) is 5.02 Å². The van der Waals surface area contributed by atoms with E-state index in [0.29, 0.717) is 11.4 Å². The molecule has 124 valence electrons. The third-order valence-corrected chi connectivity index (χ3v) is 4.67. The molecule has 3 aromatic rings. The highest BCUT2D eigenvalue weighted by Gasteiger charge is 2.24. The van der Waals surface area contributed by atoms with Gasteiger partial charge in [0.1, 0.15) is 0 Å². The molecule has 1 aromatic heterocycles. The molecule has 1 unspecified atom stereocenters. The molecular formula is C20H16ClN3O. The van der Waals surface area contributed by atoms with Gasteiger partial charge in [-0.1, -0.05) is 48.0 Å². The summed E-state index contributed by atoms with van der Waals surface area (Å²) >= 11 is 6.03. The summed E-state index contributed by atoms with van der Waals surface area (Å²) in [5.74, 6) is 0.449. The number of hydrogen-bond acceptors (Lipinski definition) is 3. The zero-order valence-electron chi connectivity index (χ0n) is 13.4. The molecule has 1 aliphatic carbocycles. The molecule has 0 fully saturated rings. The Morgan fingerprint density at radius 2 is 1.84 bits per heavy atom. The Bertz CT molecular complexity index is 910. The zero-order valence-corrected chi connectivity index (χ0v) is 14.2. The minimum Gasteiger partial charge on any atom is -0.345 e. The minimum atomic E-state index is -0.160. The summed E-state index contributed by atoms with van der Waals surface area (Å²) in [4.78, 5) is 21.1. The van der Waals surface area contributed by atoms with E-state index < -0.39 is 0 Å². The van der Waals surface area contributed by atoms with E-state index in [0.717, 1.165) is 29.0 Å². The number of hydrogen-bond donors (Lipinski definition) is 1. The van der Waals surface area contributed by atoms with Crippen LogP contribution in [-0.4, -0.2) is 15.9 Å². The number of aryl methyl sites for hydroxylation is 1. The topological polar surface area (TPSA) is 54.9 Å². The maximum absolute atomic E-state index is 12.5. The lowest BCUT2D eigenvalue weighted by Gasteiger charge is -2.14. The number of halogens is 1. The van der Waals surface area contributed by atoms with Crippen LogP contribution in [0.3, 0.4) is 0 Å². The first-order valence-electron chi connectivity index (χ1n) is 8.17. The fraction of sp³-hybridized carbons (Fsp3) is 0.150. The largest absolute Gasteiger partial charge is 0.345 e. The van der Waals surface area contributed by atoms with E-state index in [2.05, 4.69) is 15.3 Å². The molecule has 0 bridgehead atoms. The summed E-state index contributed by atoms with van der Waals surface area (Å²) in [6.45, 7) is 0. The maximum Gasteiger partial charge on any atom is 0.254 e. The summed E-state index contributed by atoms with van der Waals surface area (Å²) in [6, 6.07) is 15.5. The van der Waals surface area contributed by atoms with Crippen molar-refractivity contribution in [3.8, 4) is 11.4 Å². The van der Waals surface area contributed by atoms with Crippen molar-refractivity contribution in [2.75, 3.05) is 0 Å². The quantitative estimate of drug-likeness (QED) is 0.770. The van der Waals surface area contributed by atoms with E-state index in [1.807, 2.05) is 48.5 Å². The number of rotatable bonds is 3. The zero-order chi connectivity index (χ0) is 17.2. The number of aromatic nitrogens is 2. The smallest absolute Gasteiger partial charge is 0.254 e. The molecule has 4 nitrogen and oxygen atoms in total. The molecule has 1 heterocycles. The van der Waals surface area contributed by atoms with Gasteiger partial charge in [0.25, 0.3) is 5.91 Å². The van der Waals surface area contributed by atoms with Gasteiger partial charge in [-0.3, -0.25) is 4.79 Å². The predicted molar refractivity (Wildman–Crippen MR) is 97.4 cm³/mol. The number of amides is 1. The molecule has 1 atom stereocenters. The van der Waals surface area contributed by atoms with Crippen molar-refractivity contribution in [2.45, 2.75) is 18.9 Å². The molecular weight excluding hydrogens is 334 g/mol. The summed E-state index contributed by atoms with van der Waals surface area (Å²) in [6.07, 6.45) is 4.94. The molecule has 5 heteroatoms. The Kier molecular flexibility index (Phi) is 4.20. The minimum absolute atomic E-state index is 0.00793. The molecule has 0 aliphatic heterocycles. The van der Waals surface area contributed by atoms with Gasteiger partial charge in [-0.25, -0.2) is 9.97 Å². The first-order valence-corrected chi connectivity index (χ1v) is 8.55. The Hall–Kier alpha value is -2.72. The lowest BCUT2D eigenvalue weighted by Crippen LogP contribution is -2.27. The highest BCUT2D eigenvalue weighted by Crippen LogP contribution is 2.33. The van der Waals surface area contributed by atoms with Crippen LogP contribution in [0.15, 0.2) is 60.9 Å². The van der Waals surface area contributed by atoms with Crippen molar-refractivity contribution < 1.29 is 4.79 Å². The first kappa shape index (κ1) is 15.8. The number of benzene rings is 2. The van der Waals surface area contributed by atoms with Crippen LogP contribution in [0.4, 0.5) is 0 Å². The highest BCUT2D eigenvalue weighted by atomic mass is 35.5. The van der Waals surface area contributed by atoms with E-state index >= 15 is 0 Å². The average Bonchev–Trinajstić information content (AvgIpc) is 3.04. The van der Waals surface area contributed by atoms with Crippen LogP contribution >= 0.6 is 11.6 Å². The van der Waals surface area contributed by atoms with Gasteiger partial charge in [-0.15, -0.1) is 0 Å². The number of nitrogens with one attached hydrogen (secondary N) is 1. The monoisotopic (exact) mass is 349 g/mol. The van der Waals surface area contributed by atoms with Crippen LogP contribution in [0.25, 0.3) is 11.4 Å². The van der Waals surface area contributed by atoms with E-state index in [1.54, 1.807) is 12.4 Å². The molecule has 1 N–H and O–H groups in total. The molecule has 1 aliphatic rings. The van der Waals surface area contributed by atoms with Crippen molar-refractivity contribution in [1.82, 2.24) is 15.3 Å². The molecule has 1 amide bonds. The van der Waals surface area contributed by atoms with Crippen molar-refractivity contribution in [3.05, 3.63) is 82.6 Å². The van der Waals surface area contributed by atoms with Crippen molar-refractivity contribution in [2.24, 2.45) is 0 Å². The fourth-order valence-electron chi connectivity index (χ4n) is 3.16. The summed E-state index contributed by atoms with van der Waals surface area (Å²) < 4.78 is 0. The number of nitrogens with zero attached hydrogens (tertiary/aromatic N) is 2. The van der Waals surface area contributed by atoms with Gasteiger partial charge in [0.15, 0.2) is 5.82 Å². The highest BCUT2D eigenvalue weighted by molar-refractivity contribution is 6.30. The van der Waals surface area contributed by atoms with E-state index in [9.17, 15) is 4.79 Å². The SMILES string of the molecule is O=C(NC1CCc2cc(Cl)ccc21)c1cnc(-c2ccccc2)nc1. The Labute approximate surface area is 150 Å². The van der Waals surface area contributed by atoms with Gasteiger partial charge < -0.3 is 5.32 Å². The van der Waals surface area contributed by atoms with Gasteiger partial charge in [0.05, 0.1) is 11.6 Å². The molecule has 0 spiro atoms. The van der Waals surface area contributed by atoms with Crippen molar-refractivity contribution >= 4 is 17.5 Å². The third kappa shape index (κ3) is 3.26. The van der Waals surface area contributed by atoms with Gasteiger partial charge in [-0.2, -0.15) is 0 Å². The maximum atomic E-state index is 12.5. The van der Waals surface area contributed by atoms with Gasteiger partial charge >= 0.3 is 0 Å². The van der Waals surface area contributed by atoms with E-state index in [1.165, 1.54) is 5.56 Å². The lowest BCUT2D eigenvalue weighted by atomic mass is 10.1. The van der Waals surface area contributed by atoms with Gasteiger partial charge in [0.2, 0.25) is 0 Å². The normalized spacial score (nSPS) is 15.6. The van der Waals surface area contributed by atoms with Crippen LogP contribution in [0.1, 0.15) is 33.9 Å². The van der Waals surface area contributed by atoms with Crippen LogP contribution in [0, 0.1) is 0 Å². The Morgan fingerprint density at radius 3 is 2.60 bits per heavy atom. The van der Waals surface area contributed by atoms with Gasteiger partial charge in [0, 0.05) is 23.0 Å². The second kappa shape index (κ2) is 6.65. The molecule has 0 saturated carbocycles. The average molecular weight is 350 g/mol. The summed E-state index contributed by atoms with van der Waals surface area (Å²) in [5.41, 5.74) is 3.73. The van der Waals surface area contributed by atoms with Gasteiger partial charge in [-0.05, 0) is 36.1 Å². The molecule has 2 aromatic carbocycles. The summed E-state index contributed by atoms with van der Waals surface area (Å²) in [7, 11) is 0. The van der Waals surface area contributed by atoms with Crippen molar-refractivity contribution in [1.29, 1.82) is 0 Å². The summed E-state index contributed by atoms with van der Waals surface area (Å²) in [5, 5.41) is 3.80. The van der Waals surface area contributed by atoms with Crippen LogP contribution in [-0.2, 0) is 6.42 Å². The molecule has 0 saturated heterocycles. The lowest BCUT2D eigenvalue weighted by molar-refractivity contribution is 0.0936. The Balaban J connectivity index is 1.49. The second-order valence-corrected chi connectivity index (χ2v) is 6.51. The standard InChI is InChI=1S/C20H16ClN3O/c21-16-7-8-17-14(10-16)6-9-18(17)24-20(25)15-11-22-19(23-12-15)13-4-2-1-3-5-13/h1-5,7-8,10-12,18H,6,9H2,(H,24,25). The van der Waals surface area contributed by atoms with Crippen LogP contribution in [0.5, 0.6) is 0 Å². The molecule has 25 heavy (non-hydrogen) atoms. The fourth-order valence-corrected chi connectivity index (χ4v) is 3.35. The predicted octanol–water partition coefficient (Wildman–Crippen LogP) is 4.21. The number of carbonyl (C=O) groups excluding carboxylic acids is 1. The first-order chi connectivity index (χ1) is 12.2. The molecule has 0 radical (unpaired) electrons.